The highest BCUT2D eigenvalue weighted by molar-refractivity contribution is 9.10. The van der Waals surface area contributed by atoms with Crippen LogP contribution in [-0.4, -0.2) is 27.1 Å². The average Bonchev–Trinajstić information content (AvgIpc) is 2.26. The molecule has 0 aliphatic carbocycles. The lowest BCUT2D eigenvalue weighted by Gasteiger charge is -2.15. The summed E-state index contributed by atoms with van der Waals surface area (Å²) in [7, 11) is 2.89. The largest absolute Gasteiger partial charge is 0.487 e. The van der Waals surface area contributed by atoms with Crippen LogP contribution in [0.3, 0.4) is 0 Å². The molecule has 0 amide bonds. The summed E-state index contributed by atoms with van der Waals surface area (Å²) in [5.74, 6) is -1.36. The van der Waals surface area contributed by atoms with Crippen LogP contribution < -0.4 is 4.74 Å². The average molecular weight is 297 g/mol. The third-order valence-corrected chi connectivity index (χ3v) is 2.63. The molecule has 16 heavy (non-hydrogen) atoms. The van der Waals surface area contributed by atoms with Crippen molar-refractivity contribution in [2.24, 2.45) is 0 Å². The Kier molecular flexibility index (Phi) is 5.11. The molecule has 0 spiro atoms. The van der Waals surface area contributed by atoms with E-state index < -0.39 is 17.9 Å². The normalized spacial score (nSPS) is 10.9. The van der Waals surface area contributed by atoms with Gasteiger partial charge in [-0.2, -0.15) is 0 Å². The van der Waals surface area contributed by atoms with Crippen LogP contribution in [0.15, 0.2) is 16.6 Å². The van der Waals surface area contributed by atoms with Crippen molar-refractivity contribution in [2.75, 3.05) is 20.8 Å². The lowest BCUT2D eigenvalue weighted by molar-refractivity contribution is -0.122. The predicted molar refractivity (Wildman–Crippen MR) is 57.4 cm³/mol. The van der Waals surface area contributed by atoms with Crippen molar-refractivity contribution in [3.63, 3.8) is 0 Å². The number of rotatable bonds is 5. The van der Waals surface area contributed by atoms with E-state index in [1.54, 1.807) is 0 Å². The molecule has 0 bridgehead atoms. The minimum atomic E-state index is -0.721. The zero-order valence-corrected chi connectivity index (χ0v) is 10.4. The number of benzene rings is 1. The van der Waals surface area contributed by atoms with Crippen molar-refractivity contribution in [1.82, 2.24) is 0 Å². The fraction of sp³-hybridized carbons (Fsp3) is 0.400. The van der Waals surface area contributed by atoms with Gasteiger partial charge in [0.25, 0.3) is 0 Å². The van der Waals surface area contributed by atoms with Gasteiger partial charge in [0.15, 0.2) is 6.29 Å². The van der Waals surface area contributed by atoms with Gasteiger partial charge in [-0.15, -0.1) is 0 Å². The Bertz CT molecular complexity index is 356. The van der Waals surface area contributed by atoms with Crippen LogP contribution in [0.1, 0.15) is 0 Å². The molecule has 0 unspecified atom stereocenters. The Morgan fingerprint density at radius 2 is 1.88 bits per heavy atom. The minimum Gasteiger partial charge on any atom is -0.487 e. The van der Waals surface area contributed by atoms with Crippen molar-refractivity contribution in [3.05, 3.63) is 28.2 Å². The number of hydrogen-bond donors (Lipinski definition) is 0. The monoisotopic (exact) mass is 296 g/mol. The Morgan fingerprint density at radius 1 is 1.25 bits per heavy atom. The molecule has 3 nitrogen and oxygen atoms in total. The molecule has 0 atom stereocenters. The molecule has 0 aliphatic rings. The lowest BCUT2D eigenvalue weighted by atomic mass is 10.3. The third-order valence-electron chi connectivity index (χ3n) is 1.86. The Hall–Kier alpha value is -0.720. The molecule has 0 radical (unpaired) electrons. The maximum atomic E-state index is 13.1. The Labute approximate surface area is 100 Å². The molecular weight excluding hydrogens is 286 g/mol. The van der Waals surface area contributed by atoms with Crippen molar-refractivity contribution >= 4 is 15.9 Å². The molecule has 0 saturated heterocycles. The number of methoxy groups -OCH3 is 2. The second-order valence-corrected chi connectivity index (χ2v) is 3.70. The Balaban J connectivity index is 2.73. The number of halogens is 3. The Morgan fingerprint density at radius 3 is 2.44 bits per heavy atom. The van der Waals surface area contributed by atoms with Crippen molar-refractivity contribution in [3.8, 4) is 5.75 Å². The van der Waals surface area contributed by atoms with Crippen molar-refractivity contribution in [1.29, 1.82) is 0 Å². The molecule has 6 heteroatoms. The summed E-state index contributed by atoms with van der Waals surface area (Å²) in [6.45, 7) is 0.0362. The van der Waals surface area contributed by atoms with E-state index in [-0.39, 0.29) is 16.8 Å². The minimum absolute atomic E-state index is 0.0362. The molecule has 1 aromatic rings. The standard InChI is InChI=1S/C10H11BrF2O3/c1-14-9(15-2)5-16-8-4-6(12)3-7(13)10(8)11/h3-4,9H,5H2,1-2H3. The summed E-state index contributed by atoms with van der Waals surface area (Å²) in [6.07, 6.45) is -0.585. The first-order chi connectivity index (χ1) is 7.58. The van der Waals surface area contributed by atoms with Gasteiger partial charge in [0.05, 0.1) is 4.47 Å². The fourth-order valence-electron chi connectivity index (χ4n) is 1.03. The van der Waals surface area contributed by atoms with Crippen LogP contribution >= 0.6 is 15.9 Å². The van der Waals surface area contributed by atoms with Crippen LogP contribution in [0.25, 0.3) is 0 Å². The van der Waals surface area contributed by atoms with Crippen LogP contribution in [0.5, 0.6) is 5.75 Å². The fourth-order valence-corrected chi connectivity index (χ4v) is 1.37. The highest BCUT2D eigenvalue weighted by atomic mass is 79.9. The molecule has 1 aromatic carbocycles. The van der Waals surface area contributed by atoms with Gasteiger partial charge >= 0.3 is 0 Å². The zero-order valence-electron chi connectivity index (χ0n) is 8.80. The van der Waals surface area contributed by atoms with E-state index in [0.29, 0.717) is 0 Å². The van der Waals surface area contributed by atoms with Gasteiger partial charge in [-0.3, -0.25) is 0 Å². The summed E-state index contributed by atoms with van der Waals surface area (Å²) < 4.78 is 41.0. The van der Waals surface area contributed by atoms with E-state index in [1.807, 2.05) is 0 Å². The molecule has 0 heterocycles. The van der Waals surface area contributed by atoms with Gasteiger partial charge in [-0.25, -0.2) is 8.78 Å². The lowest BCUT2D eigenvalue weighted by Crippen LogP contribution is -2.22. The zero-order chi connectivity index (χ0) is 12.1. The summed E-state index contributed by atoms with van der Waals surface area (Å²) in [6, 6.07) is 1.84. The SMILES string of the molecule is COC(COc1cc(F)cc(F)c1Br)OC. The maximum Gasteiger partial charge on any atom is 0.191 e. The van der Waals surface area contributed by atoms with Crippen LogP contribution in [-0.2, 0) is 9.47 Å². The molecule has 0 aromatic heterocycles. The first-order valence-electron chi connectivity index (χ1n) is 4.41. The highest BCUT2D eigenvalue weighted by Crippen LogP contribution is 2.29. The molecule has 0 aliphatic heterocycles. The highest BCUT2D eigenvalue weighted by Gasteiger charge is 2.12. The van der Waals surface area contributed by atoms with E-state index in [9.17, 15) is 8.78 Å². The summed E-state index contributed by atoms with van der Waals surface area (Å²) in [5.41, 5.74) is 0. The van der Waals surface area contributed by atoms with Gasteiger partial charge < -0.3 is 14.2 Å². The van der Waals surface area contributed by atoms with Crippen LogP contribution in [0.4, 0.5) is 8.78 Å². The van der Waals surface area contributed by atoms with Gasteiger partial charge in [-0.05, 0) is 15.9 Å². The quantitative estimate of drug-likeness (QED) is 0.618. The molecular formula is C10H11BrF2O3. The summed E-state index contributed by atoms with van der Waals surface area (Å²) in [4.78, 5) is 0. The van der Waals surface area contributed by atoms with Crippen molar-refractivity contribution in [2.45, 2.75) is 6.29 Å². The van der Waals surface area contributed by atoms with E-state index >= 15 is 0 Å². The summed E-state index contributed by atoms with van der Waals surface area (Å²) in [5, 5.41) is 0. The second kappa shape index (κ2) is 6.12. The second-order valence-electron chi connectivity index (χ2n) is 2.91. The molecule has 1 rings (SSSR count). The topological polar surface area (TPSA) is 27.7 Å². The molecule has 90 valence electrons. The first kappa shape index (κ1) is 13.3. The van der Waals surface area contributed by atoms with Crippen molar-refractivity contribution < 1.29 is 23.0 Å². The molecule has 0 fully saturated rings. The third kappa shape index (κ3) is 3.40. The summed E-state index contributed by atoms with van der Waals surface area (Å²) >= 11 is 2.96. The van der Waals surface area contributed by atoms with Gasteiger partial charge in [0.1, 0.15) is 24.0 Å². The van der Waals surface area contributed by atoms with Gasteiger partial charge in [0.2, 0.25) is 0 Å². The van der Waals surface area contributed by atoms with E-state index in [4.69, 9.17) is 14.2 Å². The number of ether oxygens (including phenoxy) is 3. The predicted octanol–water partition coefficient (Wildman–Crippen LogP) is 2.73. The van der Waals surface area contributed by atoms with E-state index in [1.165, 1.54) is 14.2 Å². The van der Waals surface area contributed by atoms with Gasteiger partial charge in [0, 0.05) is 26.4 Å². The van der Waals surface area contributed by atoms with E-state index in [0.717, 1.165) is 12.1 Å². The smallest absolute Gasteiger partial charge is 0.191 e. The van der Waals surface area contributed by atoms with Crippen LogP contribution in [0, 0.1) is 11.6 Å². The number of hydrogen-bond acceptors (Lipinski definition) is 3. The van der Waals surface area contributed by atoms with E-state index in [2.05, 4.69) is 15.9 Å². The molecule has 0 N–H and O–H groups in total. The van der Waals surface area contributed by atoms with Gasteiger partial charge in [-0.1, -0.05) is 0 Å². The van der Waals surface area contributed by atoms with Crippen LogP contribution in [0.2, 0.25) is 0 Å². The first-order valence-corrected chi connectivity index (χ1v) is 5.20. The molecule has 0 saturated carbocycles. The maximum absolute atomic E-state index is 13.1.